The zero-order valence-corrected chi connectivity index (χ0v) is 17.3. The molecule has 12 heteroatoms. The zero-order chi connectivity index (χ0) is 23.4. The Kier molecular flexibility index (Phi) is 7.58. The Balaban J connectivity index is 2.77. The molecule has 0 fully saturated rings. The fourth-order valence-corrected chi connectivity index (χ4v) is 3.47. The largest absolute Gasteiger partial charge is 0.421 e. The number of carbonyl (C=O) groups excluding carboxylic acids is 2. The van der Waals surface area contributed by atoms with E-state index < -0.39 is 41.3 Å². The third kappa shape index (κ3) is 4.49. The number of alkyl halides is 6. The number of carbonyl (C=O) groups is 2. The highest BCUT2D eigenvalue weighted by Crippen LogP contribution is 2.53. The lowest BCUT2D eigenvalue weighted by molar-refractivity contribution is -0.309. The molecule has 0 aliphatic carbocycles. The average molecular weight is 482 g/mol. The summed E-state index contributed by atoms with van der Waals surface area (Å²) in [4.78, 5) is 26.2. The van der Waals surface area contributed by atoms with Crippen molar-refractivity contribution in [1.29, 1.82) is 0 Å². The first-order valence-corrected chi connectivity index (χ1v) is 9.79. The minimum absolute atomic E-state index is 0.156. The maximum Gasteiger partial charge on any atom is 0.421 e. The Morgan fingerprint density at radius 1 is 0.645 bits per heavy atom. The molecule has 0 heterocycles. The van der Waals surface area contributed by atoms with Crippen LogP contribution in [0.25, 0.3) is 0 Å². The van der Waals surface area contributed by atoms with Crippen molar-refractivity contribution in [2.24, 2.45) is 5.41 Å². The predicted molar refractivity (Wildman–Crippen MR) is 110 cm³/mol. The van der Waals surface area contributed by atoms with Gasteiger partial charge in [-0.3, -0.25) is 9.59 Å². The fourth-order valence-electron chi connectivity index (χ4n) is 2.88. The van der Waals surface area contributed by atoms with Gasteiger partial charge in [0.15, 0.2) is 0 Å². The van der Waals surface area contributed by atoms with Gasteiger partial charge in [-0.25, -0.2) is 0 Å². The molecule has 0 aliphatic rings. The molecule has 0 saturated carbocycles. The number of benzene rings is 2. The molecular weight excluding hydrogens is 466 g/mol. The van der Waals surface area contributed by atoms with Gasteiger partial charge in [0.25, 0.3) is 11.8 Å². The maximum atomic E-state index is 14.1. The number of rotatable bonds is 6. The van der Waals surface area contributed by atoms with Gasteiger partial charge in [0.2, 0.25) is 0 Å². The van der Waals surface area contributed by atoms with Crippen LogP contribution in [-0.4, -0.2) is 35.9 Å². The van der Waals surface area contributed by atoms with Crippen LogP contribution in [0, 0.1) is 5.41 Å². The lowest BCUT2D eigenvalue weighted by Gasteiger charge is -2.40. The number of hydrogen-bond donors (Lipinski definition) is 2. The summed E-state index contributed by atoms with van der Waals surface area (Å²) in [5, 5.41) is 0. The molecule has 0 aliphatic heterocycles. The molecule has 0 spiro atoms. The van der Waals surface area contributed by atoms with Gasteiger partial charge >= 0.3 is 17.8 Å². The molecule has 0 unspecified atom stereocenters. The van der Waals surface area contributed by atoms with Gasteiger partial charge in [-0.1, -0.05) is 36.4 Å². The maximum absolute atomic E-state index is 14.1. The Hall–Kier alpha value is -2.34. The topological polar surface area (TPSA) is 40.6 Å². The molecule has 2 amide bonds. The number of anilines is 2. The van der Waals surface area contributed by atoms with Gasteiger partial charge in [-0.2, -0.15) is 51.6 Å². The van der Waals surface area contributed by atoms with E-state index in [1.807, 2.05) is 0 Å². The Labute approximate surface area is 184 Å². The summed E-state index contributed by atoms with van der Waals surface area (Å²) >= 11 is 7.47. The molecule has 2 aromatic rings. The summed E-state index contributed by atoms with van der Waals surface area (Å²) in [5.74, 6) is -6.70. The molecule has 0 bridgehead atoms. The summed E-state index contributed by atoms with van der Waals surface area (Å²) < 4.78 is 84.8. The van der Waals surface area contributed by atoms with Gasteiger partial charge in [0.05, 0.1) is 11.8 Å². The molecule has 2 aromatic carbocycles. The van der Waals surface area contributed by atoms with Crippen molar-refractivity contribution in [3.8, 4) is 0 Å². The molecule has 168 valence electrons. The highest BCUT2D eigenvalue weighted by molar-refractivity contribution is 7.80. The number of nitrogens with zero attached hydrogens (tertiary/aromatic N) is 2. The van der Waals surface area contributed by atoms with Crippen molar-refractivity contribution < 1.29 is 35.9 Å². The third-order valence-electron chi connectivity index (χ3n) is 4.40. The number of para-hydroxylation sites is 2. The van der Waals surface area contributed by atoms with Crippen molar-refractivity contribution in [1.82, 2.24) is 0 Å². The van der Waals surface area contributed by atoms with E-state index in [0.717, 1.165) is 24.3 Å². The first kappa shape index (κ1) is 24.9. The molecule has 4 nitrogen and oxygen atoms in total. The quantitative estimate of drug-likeness (QED) is 0.265. The van der Waals surface area contributed by atoms with Crippen LogP contribution in [0.4, 0.5) is 37.7 Å². The van der Waals surface area contributed by atoms with Crippen LogP contribution >= 0.6 is 25.3 Å². The van der Waals surface area contributed by atoms with E-state index >= 15 is 0 Å². The monoisotopic (exact) mass is 482 g/mol. The van der Waals surface area contributed by atoms with E-state index in [1.165, 1.54) is 36.4 Å². The molecule has 0 saturated heterocycles. The van der Waals surface area contributed by atoms with Gasteiger partial charge < -0.3 is 9.80 Å². The molecule has 0 radical (unpaired) electrons. The Morgan fingerprint density at radius 3 is 1.16 bits per heavy atom. The number of hydrogen-bond acceptors (Lipinski definition) is 4. The summed E-state index contributed by atoms with van der Waals surface area (Å²) in [6.07, 6.45) is -12.6. The van der Waals surface area contributed by atoms with Crippen LogP contribution in [0.3, 0.4) is 0 Å². The summed E-state index contributed by atoms with van der Waals surface area (Å²) in [6.45, 7) is 0. The summed E-state index contributed by atoms with van der Waals surface area (Å²) in [5.41, 5.74) is -5.95. The first-order chi connectivity index (χ1) is 14.4. The lowest BCUT2D eigenvalue weighted by Crippen LogP contribution is -2.68. The van der Waals surface area contributed by atoms with Crippen molar-refractivity contribution in [3.05, 3.63) is 60.7 Å². The smallest absolute Gasteiger partial charge is 0.301 e. The van der Waals surface area contributed by atoms with Gasteiger partial charge in [0.1, 0.15) is 0 Å². The van der Waals surface area contributed by atoms with E-state index in [1.54, 1.807) is 0 Å². The van der Waals surface area contributed by atoms with Crippen LogP contribution < -0.4 is 9.80 Å². The normalized spacial score (nSPS) is 12.4. The number of halogens is 6. The second kappa shape index (κ2) is 9.43. The van der Waals surface area contributed by atoms with Crippen molar-refractivity contribution in [3.63, 3.8) is 0 Å². The molecule has 31 heavy (non-hydrogen) atoms. The number of thiol groups is 2. The highest BCUT2D eigenvalue weighted by Gasteiger charge is 2.81. The second-order valence-electron chi connectivity index (χ2n) is 6.17. The summed E-state index contributed by atoms with van der Waals surface area (Å²) in [7, 11) is 0. The predicted octanol–water partition coefficient (Wildman–Crippen LogP) is 4.94. The van der Waals surface area contributed by atoms with Crippen LogP contribution in [-0.2, 0) is 9.59 Å². The van der Waals surface area contributed by atoms with Gasteiger partial charge in [0, 0.05) is 11.4 Å². The minimum Gasteiger partial charge on any atom is -0.301 e. The lowest BCUT2D eigenvalue weighted by atomic mass is 9.82. The van der Waals surface area contributed by atoms with E-state index in [-0.39, 0.29) is 21.2 Å². The van der Waals surface area contributed by atoms with Gasteiger partial charge in [-0.15, -0.1) is 0 Å². The van der Waals surface area contributed by atoms with E-state index in [4.69, 9.17) is 0 Å². The molecule has 2 rings (SSSR count). The number of amides is 2. The SMILES string of the molecule is O=C(N(CS)c1ccccc1)C(C(=O)N(CS)c1ccccc1)(C(F)(F)F)C(F)(F)F. The summed E-state index contributed by atoms with van der Waals surface area (Å²) in [6, 6.07) is 12.7. The highest BCUT2D eigenvalue weighted by atomic mass is 32.1. The average Bonchev–Trinajstić information content (AvgIpc) is 2.69. The Morgan fingerprint density at radius 2 is 0.935 bits per heavy atom. The molecule has 0 aromatic heterocycles. The minimum atomic E-state index is -6.31. The molecule has 0 atom stereocenters. The van der Waals surface area contributed by atoms with Crippen LogP contribution in [0.2, 0.25) is 0 Å². The van der Waals surface area contributed by atoms with Crippen molar-refractivity contribution in [2.75, 3.05) is 21.6 Å². The zero-order valence-electron chi connectivity index (χ0n) is 15.6. The third-order valence-corrected chi connectivity index (χ3v) is 4.97. The van der Waals surface area contributed by atoms with Crippen molar-refractivity contribution >= 4 is 48.4 Å². The van der Waals surface area contributed by atoms with E-state index in [0.29, 0.717) is 0 Å². The Bertz CT molecular complexity index is 832. The molecule has 0 N–H and O–H groups in total. The second-order valence-corrected chi connectivity index (χ2v) is 6.73. The first-order valence-electron chi connectivity index (χ1n) is 8.52. The van der Waals surface area contributed by atoms with Crippen molar-refractivity contribution in [2.45, 2.75) is 12.4 Å². The van der Waals surface area contributed by atoms with Crippen LogP contribution in [0.15, 0.2) is 60.7 Å². The van der Waals surface area contributed by atoms with Gasteiger partial charge in [-0.05, 0) is 24.3 Å². The molecular formula is C19H16F6N2O2S2. The van der Waals surface area contributed by atoms with Crippen LogP contribution in [0.1, 0.15) is 0 Å². The fraction of sp³-hybridized carbons (Fsp3) is 0.263. The van der Waals surface area contributed by atoms with Crippen LogP contribution in [0.5, 0.6) is 0 Å². The van der Waals surface area contributed by atoms with E-state index in [9.17, 15) is 35.9 Å². The standard InChI is InChI=1S/C19H16F6N2O2S2/c20-18(21,22)17(19(23,24)25,15(28)26(11-30)13-7-3-1-4-8-13)16(29)27(12-31)14-9-5-2-6-10-14/h1-10,30-31H,11-12H2. The van der Waals surface area contributed by atoms with E-state index in [2.05, 4.69) is 25.3 Å².